The molecule has 0 amide bonds. The van der Waals surface area contributed by atoms with Crippen LogP contribution in [0.15, 0.2) is 24.5 Å². The quantitative estimate of drug-likeness (QED) is 0.752. The average molecular weight is 201 g/mol. The van der Waals surface area contributed by atoms with Gasteiger partial charge in [-0.25, -0.2) is 0 Å². The molecule has 1 fully saturated rings. The predicted molar refractivity (Wildman–Crippen MR) is 59.2 cm³/mol. The Labute approximate surface area is 89.6 Å². The minimum Gasteiger partial charge on any atom is -0.307 e. The molecule has 78 valence electrons. The number of hydrogen-bond donors (Lipinski definition) is 1. The highest BCUT2D eigenvalue weighted by Gasteiger charge is 2.28. The van der Waals surface area contributed by atoms with Crippen LogP contribution in [0.3, 0.4) is 0 Å². The van der Waals surface area contributed by atoms with Crippen LogP contribution in [-0.4, -0.2) is 22.3 Å². The van der Waals surface area contributed by atoms with E-state index < -0.39 is 0 Å². The molecule has 3 heterocycles. The fraction of sp³-hybridized carbons (Fsp3) is 0.500. The molecule has 0 spiro atoms. The zero-order valence-corrected chi connectivity index (χ0v) is 8.69. The third kappa shape index (κ3) is 1.67. The van der Waals surface area contributed by atoms with Crippen molar-refractivity contribution in [3.8, 4) is 0 Å². The Bertz CT molecular complexity index is 372. The van der Waals surface area contributed by atoms with Gasteiger partial charge in [0, 0.05) is 17.6 Å². The van der Waals surface area contributed by atoms with Gasteiger partial charge in [0.15, 0.2) is 0 Å². The molecule has 3 nitrogen and oxygen atoms in total. The van der Waals surface area contributed by atoms with Crippen LogP contribution >= 0.6 is 0 Å². The molecule has 1 aromatic heterocycles. The molecule has 1 saturated heterocycles. The lowest BCUT2D eigenvalue weighted by atomic mass is 9.95. The number of nitrogens with zero attached hydrogens (tertiary/aromatic N) is 2. The smallest absolute Gasteiger partial charge is 0.0571 e. The van der Waals surface area contributed by atoms with E-state index in [-0.39, 0.29) is 0 Å². The Hall–Kier alpha value is -1.22. The van der Waals surface area contributed by atoms with Crippen molar-refractivity contribution in [3.05, 3.63) is 30.1 Å². The maximum absolute atomic E-state index is 3.95. The van der Waals surface area contributed by atoms with Crippen LogP contribution in [0.25, 0.3) is 5.57 Å². The first kappa shape index (κ1) is 9.04. The zero-order chi connectivity index (χ0) is 10.1. The van der Waals surface area contributed by atoms with Crippen molar-refractivity contribution in [2.75, 3.05) is 0 Å². The largest absolute Gasteiger partial charge is 0.307 e. The Morgan fingerprint density at radius 1 is 1.20 bits per heavy atom. The molecule has 3 rings (SSSR count). The molecule has 15 heavy (non-hydrogen) atoms. The molecule has 0 unspecified atom stereocenters. The second-order valence-corrected chi connectivity index (χ2v) is 4.36. The minimum atomic E-state index is 0.543. The third-order valence-corrected chi connectivity index (χ3v) is 3.41. The summed E-state index contributed by atoms with van der Waals surface area (Å²) in [5, 5.41) is 11.5. The van der Waals surface area contributed by atoms with Gasteiger partial charge in [0.05, 0.1) is 12.4 Å². The molecule has 0 saturated carbocycles. The fourth-order valence-corrected chi connectivity index (χ4v) is 2.65. The standard InChI is InChI=1S/C12H15N3/c1-2-10-4-5-12(15-10)11(3-1)9-6-7-13-14-8-9/h3,6-8,10,12,15H,1-2,4-5H2/t10-,12-/m1/s1. The van der Waals surface area contributed by atoms with Crippen molar-refractivity contribution in [1.29, 1.82) is 0 Å². The van der Waals surface area contributed by atoms with Crippen molar-refractivity contribution >= 4 is 5.57 Å². The highest BCUT2D eigenvalue weighted by Crippen LogP contribution is 2.31. The van der Waals surface area contributed by atoms with Crippen molar-refractivity contribution < 1.29 is 0 Å². The van der Waals surface area contributed by atoms with Crippen LogP contribution in [0, 0.1) is 0 Å². The fourth-order valence-electron chi connectivity index (χ4n) is 2.65. The number of rotatable bonds is 1. The molecule has 0 radical (unpaired) electrons. The van der Waals surface area contributed by atoms with Gasteiger partial charge in [-0.3, -0.25) is 0 Å². The Balaban J connectivity index is 1.94. The minimum absolute atomic E-state index is 0.543. The van der Waals surface area contributed by atoms with E-state index in [4.69, 9.17) is 0 Å². The van der Waals surface area contributed by atoms with Gasteiger partial charge in [0.2, 0.25) is 0 Å². The van der Waals surface area contributed by atoms with Gasteiger partial charge in [-0.2, -0.15) is 10.2 Å². The summed E-state index contributed by atoms with van der Waals surface area (Å²) < 4.78 is 0. The lowest BCUT2D eigenvalue weighted by Gasteiger charge is -2.14. The van der Waals surface area contributed by atoms with Crippen LogP contribution in [0.5, 0.6) is 0 Å². The summed E-state index contributed by atoms with van der Waals surface area (Å²) in [7, 11) is 0. The summed E-state index contributed by atoms with van der Waals surface area (Å²) in [4.78, 5) is 0. The maximum Gasteiger partial charge on any atom is 0.0571 e. The molecule has 2 atom stereocenters. The molecule has 1 N–H and O–H groups in total. The summed E-state index contributed by atoms with van der Waals surface area (Å²) in [6, 6.07) is 3.33. The number of allylic oxidation sites excluding steroid dienone is 1. The van der Waals surface area contributed by atoms with Gasteiger partial charge in [-0.15, -0.1) is 0 Å². The highest BCUT2D eigenvalue weighted by molar-refractivity contribution is 5.69. The van der Waals surface area contributed by atoms with Crippen LogP contribution in [0.2, 0.25) is 0 Å². The Morgan fingerprint density at radius 3 is 3.07 bits per heavy atom. The number of hydrogen-bond acceptors (Lipinski definition) is 3. The molecule has 2 aliphatic heterocycles. The first-order chi connectivity index (χ1) is 7.43. The zero-order valence-electron chi connectivity index (χ0n) is 8.69. The van der Waals surface area contributed by atoms with Gasteiger partial charge in [-0.1, -0.05) is 6.08 Å². The molecule has 2 aliphatic rings. The lowest BCUT2D eigenvalue weighted by Crippen LogP contribution is -2.28. The summed E-state index contributed by atoms with van der Waals surface area (Å²) in [5.74, 6) is 0. The van der Waals surface area contributed by atoms with Gasteiger partial charge in [0.1, 0.15) is 0 Å². The second-order valence-electron chi connectivity index (χ2n) is 4.36. The second kappa shape index (κ2) is 3.74. The van der Waals surface area contributed by atoms with Gasteiger partial charge in [0.25, 0.3) is 0 Å². The van der Waals surface area contributed by atoms with E-state index >= 15 is 0 Å². The summed E-state index contributed by atoms with van der Waals surface area (Å²) >= 11 is 0. The van der Waals surface area contributed by atoms with Crippen molar-refractivity contribution in [3.63, 3.8) is 0 Å². The summed E-state index contributed by atoms with van der Waals surface area (Å²) in [6.07, 6.45) is 11.1. The monoisotopic (exact) mass is 201 g/mol. The van der Waals surface area contributed by atoms with E-state index in [9.17, 15) is 0 Å². The first-order valence-electron chi connectivity index (χ1n) is 5.66. The van der Waals surface area contributed by atoms with E-state index in [1.54, 1.807) is 6.20 Å². The number of fused-ring (bicyclic) bond motifs is 2. The van der Waals surface area contributed by atoms with Crippen molar-refractivity contribution in [2.45, 2.75) is 37.8 Å². The third-order valence-electron chi connectivity index (χ3n) is 3.41. The van der Waals surface area contributed by atoms with E-state index in [2.05, 4.69) is 27.7 Å². The normalized spacial score (nSPS) is 29.7. The molecule has 0 aromatic carbocycles. The van der Waals surface area contributed by atoms with Gasteiger partial charge in [-0.05, 0) is 37.3 Å². The van der Waals surface area contributed by atoms with Crippen molar-refractivity contribution in [1.82, 2.24) is 15.5 Å². The highest BCUT2D eigenvalue weighted by atomic mass is 15.1. The van der Waals surface area contributed by atoms with Crippen LogP contribution in [0.4, 0.5) is 0 Å². The van der Waals surface area contributed by atoms with Crippen LogP contribution in [0.1, 0.15) is 31.2 Å². The Kier molecular flexibility index (Phi) is 2.25. The SMILES string of the molecule is C1=C(c2ccnnc2)[C@H]2CC[C@@H](CC1)N2. The van der Waals surface area contributed by atoms with Gasteiger partial charge < -0.3 is 5.32 Å². The molecular formula is C12H15N3. The lowest BCUT2D eigenvalue weighted by molar-refractivity contribution is 0.559. The summed E-state index contributed by atoms with van der Waals surface area (Å²) in [5.41, 5.74) is 2.65. The van der Waals surface area contributed by atoms with Gasteiger partial charge >= 0.3 is 0 Å². The average Bonchev–Trinajstić information content (AvgIpc) is 2.61. The van der Waals surface area contributed by atoms with E-state index in [1.165, 1.54) is 36.8 Å². The summed E-state index contributed by atoms with van der Waals surface area (Å²) in [6.45, 7) is 0. The van der Waals surface area contributed by atoms with Crippen molar-refractivity contribution in [2.24, 2.45) is 0 Å². The molecule has 3 heteroatoms. The van der Waals surface area contributed by atoms with Crippen LogP contribution in [-0.2, 0) is 0 Å². The number of aromatic nitrogens is 2. The maximum atomic E-state index is 3.95. The Morgan fingerprint density at radius 2 is 2.20 bits per heavy atom. The predicted octanol–water partition coefficient (Wildman–Crippen LogP) is 1.77. The first-order valence-corrected chi connectivity index (χ1v) is 5.66. The molecule has 2 bridgehead atoms. The van der Waals surface area contributed by atoms with Crippen LogP contribution < -0.4 is 5.32 Å². The molecule has 0 aliphatic carbocycles. The van der Waals surface area contributed by atoms with E-state index in [0.717, 1.165) is 6.04 Å². The topological polar surface area (TPSA) is 37.8 Å². The molecular weight excluding hydrogens is 186 g/mol. The van der Waals surface area contributed by atoms with E-state index in [1.807, 2.05) is 6.20 Å². The molecule has 1 aromatic rings. The van der Waals surface area contributed by atoms with E-state index in [0.29, 0.717) is 6.04 Å². The number of nitrogens with one attached hydrogen (secondary N) is 1.